The summed E-state index contributed by atoms with van der Waals surface area (Å²) in [4.78, 5) is 39.8. The van der Waals surface area contributed by atoms with Crippen LogP contribution in [0, 0.1) is 10.1 Å². The number of carbonyl (C=O) groups excluding carboxylic acids is 2. The summed E-state index contributed by atoms with van der Waals surface area (Å²) in [6.07, 6.45) is 4.13. The van der Waals surface area contributed by atoms with Gasteiger partial charge in [0.2, 0.25) is 0 Å². The average Bonchev–Trinajstić information content (AvgIpc) is 3.34. The SMILES string of the molecule is CC(C)OC(=O)N[C@H]1CC[C@H](c2ncc(-c3ccc(NC(=O)Oc4ccc([N+](=O)[O-])cc4)cc3Cl)s2)CC1. The minimum Gasteiger partial charge on any atom is -0.447 e. The van der Waals surface area contributed by atoms with Crippen LogP contribution in [0.15, 0.2) is 48.7 Å². The average molecular weight is 559 g/mol. The number of nitrogens with zero attached hydrogens (tertiary/aromatic N) is 2. The van der Waals surface area contributed by atoms with Gasteiger partial charge in [0.05, 0.1) is 25.9 Å². The molecule has 1 heterocycles. The summed E-state index contributed by atoms with van der Waals surface area (Å²) in [6, 6.07) is 10.5. The van der Waals surface area contributed by atoms with Gasteiger partial charge in [0.25, 0.3) is 5.69 Å². The molecule has 2 aromatic carbocycles. The third-order valence-electron chi connectivity index (χ3n) is 6.00. The highest BCUT2D eigenvalue weighted by molar-refractivity contribution is 7.15. The second kappa shape index (κ2) is 12.2. The van der Waals surface area contributed by atoms with Gasteiger partial charge in [-0.1, -0.05) is 11.6 Å². The van der Waals surface area contributed by atoms with E-state index in [2.05, 4.69) is 15.6 Å². The minimum absolute atomic E-state index is 0.0975. The molecule has 0 unspecified atom stereocenters. The molecule has 3 aromatic rings. The van der Waals surface area contributed by atoms with Gasteiger partial charge in [0.1, 0.15) is 5.75 Å². The summed E-state index contributed by atoms with van der Waals surface area (Å²) in [6.45, 7) is 3.65. The number of non-ortho nitro benzene ring substituents is 1. The Hall–Kier alpha value is -3.70. The Bertz CT molecular complexity index is 1310. The standard InChI is InChI=1S/C26H27ClN4O6S/c1-15(2)36-25(32)29-17-5-3-16(4-6-17)24-28-14-23(38-24)21-12-7-18(13-22(21)27)30-26(33)37-20-10-8-19(9-11-20)31(34)35/h7-17H,3-6H2,1-2H3,(H,29,32)(H,30,33)/t16-,17-. The Morgan fingerprint density at radius 2 is 1.82 bits per heavy atom. The number of aromatic nitrogens is 1. The van der Waals surface area contributed by atoms with Crippen LogP contribution in [0.5, 0.6) is 5.75 Å². The van der Waals surface area contributed by atoms with E-state index in [-0.39, 0.29) is 29.7 Å². The predicted molar refractivity (Wildman–Crippen MR) is 145 cm³/mol. The van der Waals surface area contributed by atoms with Crippen molar-refractivity contribution in [2.24, 2.45) is 0 Å². The molecule has 1 aromatic heterocycles. The molecule has 1 aliphatic carbocycles. The fraction of sp³-hybridized carbons (Fsp3) is 0.346. The van der Waals surface area contributed by atoms with E-state index >= 15 is 0 Å². The van der Waals surface area contributed by atoms with Gasteiger partial charge in [-0.3, -0.25) is 15.4 Å². The molecular weight excluding hydrogens is 532 g/mol. The molecule has 2 N–H and O–H groups in total. The molecule has 200 valence electrons. The first kappa shape index (κ1) is 27.3. The van der Waals surface area contributed by atoms with Crippen LogP contribution in [0.4, 0.5) is 21.0 Å². The summed E-state index contributed by atoms with van der Waals surface area (Å²) in [7, 11) is 0. The molecule has 1 aliphatic rings. The number of anilines is 1. The molecule has 0 saturated heterocycles. The number of hydrogen-bond acceptors (Lipinski definition) is 8. The molecule has 0 spiro atoms. The smallest absolute Gasteiger partial charge is 0.417 e. The largest absolute Gasteiger partial charge is 0.447 e. The lowest BCUT2D eigenvalue weighted by molar-refractivity contribution is -0.384. The van der Waals surface area contributed by atoms with Crippen molar-refractivity contribution >= 4 is 46.5 Å². The van der Waals surface area contributed by atoms with E-state index in [9.17, 15) is 19.7 Å². The lowest BCUT2D eigenvalue weighted by Crippen LogP contribution is -2.38. The molecule has 0 atom stereocenters. The van der Waals surface area contributed by atoms with Crippen molar-refractivity contribution in [1.82, 2.24) is 10.3 Å². The first-order chi connectivity index (χ1) is 18.2. The number of ether oxygens (including phenoxy) is 2. The number of hydrogen-bond donors (Lipinski definition) is 2. The second-order valence-corrected chi connectivity index (χ2v) is 10.6. The number of nitro benzene ring substituents is 1. The zero-order chi connectivity index (χ0) is 27.2. The highest BCUT2D eigenvalue weighted by atomic mass is 35.5. The Kier molecular flexibility index (Phi) is 8.80. The fourth-order valence-electron chi connectivity index (χ4n) is 4.18. The lowest BCUT2D eigenvalue weighted by Gasteiger charge is -2.28. The third kappa shape index (κ3) is 7.20. The van der Waals surface area contributed by atoms with Crippen LogP contribution in [0.1, 0.15) is 50.5 Å². The number of amides is 2. The summed E-state index contributed by atoms with van der Waals surface area (Å²) in [5, 5.41) is 17.8. The summed E-state index contributed by atoms with van der Waals surface area (Å²) >= 11 is 8.11. The van der Waals surface area contributed by atoms with E-state index in [1.165, 1.54) is 24.3 Å². The van der Waals surface area contributed by atoms with Crippen LogP contribution < -0.4 is 15.4 Å². The summed E-state index contributed by atoms with van der Waals surface area (Å²) < 4.78 is 10.3. The molecule has 10 nitrogen and oxygen atoms in total. The topological polar surface area (TPSA) is 133 Å². The van der Waals surface area contributed by atoms with Crippen LogP contribution in [0.25, 0.3) is 10.4 Å². The Balaban J connectivity index is 1.32. The molecule has 4 rings (SSSR count). The highest BCUT2D eigenvalue weighted by Gasteiger charge is 2.26. The molecule has 12 heteroatoms. The van der Waals surface area contributed by atoms with Gasteiger partial charge >= 0.3 is 12.2 Å². The summed E-state index contributed by atoms with van der Waals surface area (Å²) in [5.41, 5.74) is 1.15. The van der Waals surface area contributed by atoms with Gasteiger partial charge in [0.15, 0.2) is 0 Å². The first-order valence-electron chi connectivity index (χ1n) is 12.1. The Morgan fingerprint density at radius 3 is 2.45 bits per heavy atom. The highest BCUT2D eigenvalue weighted by Crippen LogP contribution is 2.40. The van der Waals surface area contributed by atoms with Crippen molar-refractivity contribution in [3.8, 4) is 16.2 Å². The van der Waals surface area contributed by atoms with E-state index in [0.717, 1.165) is 41.1 Å². The van der Waals surface area contributed by atoms with E-state index in [0.29, 0.717) is 16.6 Å². The number of alkyl carbamates (subject to hydrolysis) is 1. The van der Waals surface area contributed by atoms with Crippen molar-refractivity contribution in [2.45, 2.75) is 57.6 Å². The molecule has 0 radical (unpaired) electrons. The van der Waals surface area contributed by atoms with E-state index < -0.39 is 11.0 Å². The van der Waals surface area contributed by atoms with Gasteiger partial charge in [0, 0.05) is 41.5 Å². The maximum absolute atomic E-state index is 12.2. The lowest BCUT2D eigenvalue weighted by atomic mass is 9.86. The van der Waals surface area contributed by atoms with Crippen molar-refractivity contribution in [1.29, 1.82) is 0 Å². The Labute approximate surface area is 228 Å². The van der Waals surface area contributed by atoms with E-state index in [1.54, 1.807) is 23.5 Å². The van der Waals surface area contributed by atoms with Crippen LogP contribution in [-0.4, -0.2) is 34.2 Å². The predicted octanol–water partition coefficient (Wildman–Crippen LogP) is 7.14. The Morgan fingerprint density at radius 1 is 1.11 bits per heavy atom. The molecular formula is C26H27ClN4O6S. The molecule has 0 aliphatic heterocycles. The van der Waals surface area contributed by atoms with E-state index in [1.807, 2.05) is 26.1 Å². The molecule has 1 saturated carbocycles. The van der Waals surface area contributed by atoms with Gasteiger partial charge < -0.3 is 14.8 Å². The number of thiazole rings is 1. The zero-order valence-electron chi connectivity index (χ0n) is 20.8. The van der Waals surface area contributed by atoms with Gasteiger partial charge in [-0.15, -0.1) is 11.3 Å². The normalized spacial score (nSPS) is 17.1. The minimum atomic E-state index is -0.745. The van der Waals surface area contributed by atoms with Crippen molar-refractivity contribution in [3.63, 3.8) is 0 Å². The number of rotatable bonds is 7. The van der Waals surface area contributed by atoms with E-state index in [4.69, 9.17) is 21.1 Å². The van der Waals surface area contributed by atoms with Gasteiger partial charge in [-0.05, 0) is 69.9 Å². The zero-order valence-corrected chi connectivity index (χ0v) is 22.4. The number of nitrogens with one attached hydrogen (secondary N) is 2. The van der Waals surface area contributed by atoms with Crippen molar-refractivity contribution < 1.29 is 24.0 Å². The van der Waals surface area contributed by atoms with Crippen LogP contribution in [0.2, 0.25) is 5.02 Å². The van der Waals surface area contributed by atoms with Crippen LogP contribution in [0.3, 0.4) is 0 Å². The van der Waals surface area contributed by atoms with Gasteiger partial charge in [-0.25, -0.2) is 14.6 Å². The number of carbonyl (C=O) groups is 2. The van der Waals surface area contributed by atoms with Crippen LogP contribution in [-0.2, 0) is 4.74 Å². The number of halogens is 1. The second-order valence-electron chi connectivity index (χ2n) is 9.17. The molecule has 38 heavy (non-hydrogen) atoms. The van der Waals surface area contributed by atoms with Crippen molar-refractivity contribution in [3.05, 3.63) is 68.8 Å². The van der Waals surface area contributed by atoms with Gasteiger partial charge in [-0.2, -0.15) is 0 Å². The summed E-state index contributed by atoms with van der Waals surface area (Å²) in [5.74, 6) is 0.495. The fourth-order valence-corrected chi connectivity index (χ4v) is 5.64. The maximum atomic E-state index is 12.2. The molecule has 0 bridgehead atoms. The first-order valence-corrected chi connectivity index (χ1v) is 13.3. The van der Waals surface area contributed by atoms with Crippen molar-refractivity contribution in [2.75, 3.05) is 5.32 Å². The number of benzene rings is 2. The monoisotopic (exact) mass is 558 g/mol. The number of nitro groups is 1. The maximum Gasteiger partial charge on any atom is 0.417 e. The molecule has 1 fully saturated rings. The van der Waals surface area contributed by atoms with Crippen LogP contribution >= 0.6 is 22.9 Å². The quantitative estimate of drug-likeness (QED) is 0.232. The third-order valence-corrected chi connectivity index (χ3v) is 7.51. The molecule has 2 amide bonds.